The molecule has 0 spiro atoms. The molecule has 0 heterocycles. The highest BCUT2D eigenvalue weighted by Crippen LogP contribution is 2.01. The Balaban J connectivity index is 2.28. The summed E-state index contributed by atoms with van der Waals surface area (Å²) in [7, 11) is 0. The summed E-state index contributed by atoms with van der Waals surface area (Å²) < 4.78 is 5.34. The third-order valence-electron chi connectivity index (χ3n) is 1.66. The zero-order valence-corrected chi connectivity index (χ0v) is 7.73. The summed E-state index contributed by atoms with van der Waals surface area (Å²) in [5, 5.41) is 8.59. The van der Waals surface area contributed by atoms with Gasteiger partial charge in [0, 0.05) is 0 Å². The largest absolute Gasteiger partial charge is 0.516 e. The maximum Gasteiger partial charge on any atom is 0.0803 e. The summed E-state index contributed by atoms with van der Waals surface area (Å²) in [6.07, 6.45) is 1.07. The van der Waals surface area contributed by atoms with Crippen LogP contribution in [-0.2, 0) is 11.3 Å². The molecule has 2 heteroatoms. The molecule has 0 aromatic heterocycles. The fourth-order valence-corrected chi connectivity index (χ4v) is 0.941. The zero-order chi connectivity index (χ0) is 9.52. The third-order valence-corrected chi connectivity index (χ3v) is 1.66. The van der Waals surface area contributed by atoms with E-state index >= 15 is 0 Å². The molecule has 0 aliphatic rings. The van der Waals surface area contributed by atoms with Crippen molar-refractivity contribution in [2.75, 3.05) is 6.61 Å². The molecular formula is C11H14O2. The highest BCUT2D eigenvalue weighted by Gasteiger charge is 1.92. The third kappa shape index (κ3) is 3.76. The molecule has 1 N–H and O–H groups in total. The van der Waals surface area contributed by atoms with Crippen molar-refractivity contribution in [1.82, 2.24) is 0 Å². The summed E-state index contributed by atoms with van der Waals surface area (Å²) in [6.45, 7) is 2.89. The van der Waals surface area contributed by atoms with Crippen molar-refractivity contribution in [1.29, 1.82) is 0 Å². The lowest BCUT2D eigenvalue weighted by atomic mass is 10.2. The van der Waals surface area contributed by atoms with E-state index in [1.165, 1.54) is 0 Å². The van der Waals surface area contributed by atoms with E-state index in [9.17, 15) is 0 Å². The van der Waals surface area contributed by atoms with Gasteiger partial charge in [-0.05, 0) is 18.1 Å². The lowest BCUT2D eigenvalue weighted by Crippen LogP contribution is -1.96. The minimum absolute atomic E-state index is 0.478. The molecular weight excluding hydrogens is 164 g/mol. The maximum atomic E-state index is 8.59. The van der Waals surface area contributed by atoms with Crippen molar-refractivity contribution >= 4 is 0 Å². The number of benzene rings is 1. The Morgan fingerprint density at radius 3 is 2.69 bits per heavy atom. The molecule has 0 unspecified atom stereocenters. The Labute approximate surface area is 78.5 Å². The first-order valence-electron chi connectivity index (χ1n) is 4.24. The van der Waals surface area contributed by atoms with Gasteiger partial charge in [0.25, 0.3) is 0 Å². The average molecular weight is 178 g/mol. The van der Waals surface area contributed by atoms with Gasteiger partial charge in [0.1, 0.15) is 0 Å². The second-order valence-electron chi connectivity index (χ2n) is 2.95. The van der Waals surface area contributed by atoms with Crippen molar-refractivity contribution in [2.24, 2.45) is 0 Å². The molecule has 13 heavy (non-hydrogen) atoms. The molecule has 1 aromatic rings. The molecule has 2 nitrogen and oxygen atoms in total. The van der Waals surface area contributed by atoms with E-state index in [4.69, 9.17) is 9.84 Å². The molecule has 0 aliphatic heterocycles. The van der Waals surface area contributed by atoms with Crippen LogP contribution >= 0.6 is 0 Å². The maximum absolute atomic E-state index is 8.59. The van der Waals surface area contributed by atoms with Gasteiger partial charge in [-0.1, -0.05) is 30.3 Å². The van der Waals surface area contributed by atoms with E-state index in [2.05, 4.69) is 0 Å². The molecule has 1 rings (SSSR count). The Hall–Kier alpha value is -1.28. The van der Waals surface area contributed by atoms with Crippen molar-refractivity contribution in [3.8, 4) is 0 Å². The standard InChI is InChI=1S/C11H14O2/c1-10(7-12)8-13-9-11-5-3-2-4-6-11/h2-7,12H,8-9H2,1H3/b10-7+. The number of aliphatic hydroxyl groups excluding tert-OH is 1. The van der Waals surface area contributed by atoms with Gasteiger partial charge >= 0.3 is 0 Å². The topological polar surface area (TPSA) is 29.5 Å². The van der Waals surface area contributed by atoms with Gasteiger partial charge in [-0.2, -0.15) is 0 Å². The molecule has 0 radical (unpaired) electrons. The number of hydrogen-bond acceptors (Lipinski definition) is 2. The fraction of sp³-hybridized carbons (Fsp3) is 0.273. The van der Waals surface area contributed by atoms with Crippen LogP contribution in [0.4, 0.5) is 0 Å². The van der Waals surface area contributed by atoms with Gasteiger partial charge in [-0.25, -0.2) is 0 Å². The number of hydrogen-bond donors (Lipinski definition) is 1. The van der Waals surface area contributed by atoms with Gasteiger partial charge in [0.05, 0.1) is 19.5 Å². The van der Waals surface area contributed by atoms with Crippen LogP contribution in [-0.4, -0.2) is 11.7 Å². The summed E-state index contributed by atoms with van der Waals surface area (Å²) >= 11 is 0. The van der Waals surface area contributed by atoms with Crippen molar-refractivity contribution in [2.45, 2.75) is 13.5 Å². The lowest BCUT2D eigenvalue weighted by Gasteiger charge is -2.03. The Bertz CT molecular complexity index is 265. The monoisotopic (exact) mass is 178 g/mol. The highest BCUT2D eigenvalue weighted by molar-refractivity contribution is 5.13. The zero-order valence-electron chi connectivity index (χ0n) is 7.73. The Morgan fingerprint density at radius 1 is 1.38 bits per heavy atom. The van der Waals surface area contributed by atoms with Crippen LogP contribution in [0, 0.1) is 0 Å². The average Bonchev–Trinajstić information content (AvgIpc) is 2.19. The lowest BCUT2D eigenvalue weighted by molar-refractivity contribution is 0.141. The van der Waals surface area contributed by atoms with Crippen LogP contribution < -0.4 is 0 Å². The molecule has 1 aromatic carbocycles. The van der Waals surface area contributed by atoms with Gasteiger partial charge in [-0.3, -0.25) is 0 Å². The van der Waals surface area contributed by atoms with E-state index in [-0.39, 0.29) is 0 Å². The quantitative estimate of drug-likeness (QED) is 0.718. The van der Waals surface area contributed by atoms with Crippen LogP contribution in [0.1, 0.15) is 12.5 Å². The van der Waals surface area contributed by atoms with E-state index in [1.54, 1.807) is 0 Å². The second kappa shape index (κ2) is 5.38. The molecule has 0 saturated carbocycles. The van der Waals surface area contributed by atoms with Crippen LogP contribution in [0.2, 0.25) is 0 Å². The molecule has 70 valence electrons. The van der Waals surface area contributed by atoms with Gasteiger partial charge in [-0.15, -0.1) is 0 Å². The highest BCUT2D eigenvalue weighted by atomic mass is 16.5. The molecule has 0 aliphatic carbocycles. The van der Waals surface area contributed by atoms with Crippen LogP contribution in [0.3, 0.4) is 0 Å². The summed E-state index contributed by atoms with van der Waals surface area (Å²) in [4.78, 5) is 0. The van der Waals surface area contributed by atoms with E-state index in [1.807, 2.05) is 37.3 Å². The first-order chi connectivity index (χ1) is 6.33. The minimum atomic E-state index is 0.478. The normalized spacial score (nSPS) is 11.6. The van der Waals surface area contributed by atoms with Crippen molar-refractivity contribution < 1.29 is 9.84 Å². The molecule has 0 amide bonds. The van der Waals surface area contributed by atoms with Crippen molar-refractivity contribution in [3.05, 3.63) is 47.7 Å². The SMILES string of the molecule is C/C(=C\O)COCc1ccccc1. The van der Waals surface area contributed by atoms with Crippen LogP contribution in [0.25, 0.3) is 0 Å². The van der Waals surface area contributed by atoms with Crippen LogP contribution in [0.5, 0.6) is 0 Å². The van der Waals surface area contributed by atoms with Gasteiger partial charge < -0.3 is 9.84 Å². The number of rotatable bonds is 4. The van der Waals surface area contributed by atoms with E-state index in [0.717, 1.165) is 17.4 Å². The molecule has 0 fully saturated rings. The van der Waals surface area contributed by atoms with E-state index < -0.39 is 0 Å². The predicted molar refractivity (Wildman–Crippen MR) is 52.5 cm³/mol. The molecule has 0 saturated heterocycles. The van der Waals surface area contributed by atoms with Crippen molar-refractivity contribution in [3.63, 3.8) is 0 Å². The summed E-state index contributed by atoms with van der Waals surface area (Å²) in [5.41, 5.74) is 1.98. The Morgan fingerprint density at radius 2 is 2.08 bits per heavy atom. The Kier molecular flexibility index (Phi) is 4.06. The van der Waals surface area contributed by atoms with Crippen LogP contribution in [0.15, 0.2) is 42.2 Å². The minimum Gasteiger partial charge on any atom is -0.516 e. The molecule has 0 atom stereocenters. The summed E-state index contributed by atoms with van der Waals surface area (Å²) in [5.74, 6) is 0. The summed E-state index contributed by atoms with van der Waals surface area (Å²) in [6, 6.07) is 9.96. The predicted octanol–water partition coefficient (Wildman–Crippen LogP) is 2.67. The fourth-order valence-electron chi connectivity index (χ4n) is 0.941. The van der Waals surface area contributed by atoms with Gasteiger partial charge in [0.2, 0.25) is 0 Å². The number of aliphatic hydroxyl groups is 1. The first kappa shape index (κ1) is 9.81. The number of ether oxygens (including phenoxy) is 1. The second-order valence-corrected chi connectivity index (χ2v) is 2.95. The smallest absolute Gasteiger partial charge is 0.0803 e. The first-order valence-corrected chi connectivity index (χ1v) is 4.24. The molecule has 0 bridgehead atoms. The van der Waals surface area contributed by atoms with Gasteiger partial charge in [0.15, 0.2) is 0 Å². The van der Waals surface area contributed by atoms with E-state index in [0.29, 0.717) is 13.2 Å².